The molecule has 5 aliphatic rings. The molecule has 0 atom stereocenters. The average Bonchev–Trinajstić information content (AvgIpc) is 3.57. The maximum absolute atomic E-state index is 11.2. The zero-order chi connectivity index (χ0) is 60.0. The van der Waals surface area contributed by atoms with E-state index in [4.69, 9.17) is 28.2 Å². The summed E-state index contributed by atoms with van der Waals surface area (Å²) in [5.41, 5.74) is 5.29. The summed E-state index contributed by atoms with van der Waals surface area (Å²) in [6.07, 6.45) is 21.8. The van der Waals surface area contributed by atoms with Gasteiger partial charge in [0, 0.05) is 65.4 Å². The van der Waals surface area contributed by atoms with Crippen LogP contribution in [0.5, 0.6) is 0 Å². The molecule has 0 bridgehead atoms. The van der Waals surface area contributed by atoms with Gasteiger partial charge in [-0.3, -0.25) is 4.98 Å². The number of H-pyrrole nitrogens is 2. The van der Waals surface area contributed by atoms with Crippen molar-refractivity contribution in [2.45, 2.75) is 91.9 Å². The van der Waals surface area contributed by atoms with E-state index >= 15 is 0 Å². The first kappa shape index (κ1) is 63.7. The molecule has 5 aromatic rings. The lowest BCUT2D eigenvalue weighted by molar-refractivity contribution is 0.0672. The van der Waals surface area contributed by atoms with Gasteiger partial charge >= 0.3 is 17.6 Å². The average molecular weight is 1160 g/mol. The van der Waals surface area contributed by atoms with Crippen LogP contribution in [0.3, 0.4) is 0 Å². The van der Waals surface area contributed by atoms with Crippen molar-refractivity contribution in [3.05, 3.63) is 120 Å². The van der Waals surface area contributed by atoms with Crippen LogP contribution in [0, 0.1) is 62.1 Å². The summed E-state index contributed by atoms with van der Waals surface area (Å²) in [5.74, 6) is 6.10. The summed E-state index contributed by atoms with van der Waals surface area (Å²) in [5, 5.41) is 17.7. The normalized spacial score (nSPS) is 17.1. The zero-order valence-corrected chi connectivity index (χ0v) is 49.0. The fourth-order valence-electron chi connectivity index (χ4n) is 9.81. The molecule has 83 heavy (non-hydrogen) atoms. The Morgan fingerprint density at radius 2 is 0.855 bits per heavy atom. The summed E-state index contributed by atoms with van der Waals surface area (Å²) in [7, 11) is 0. The minimum atomic E-state index is -1.13. The quantitative estimate of drug-likeness (QED) is 0.0654. The van der Waals surface area contributed by atoms with Crippen molar-refractivity contribution in [2.75, 3.05) is 95.7 Å². The number of rotatable bonds is 12. The largest absolute Gasteiger partial charge is 0.475 e. The van der Waals surface area contributed by atoms with Gasteiger partial charge in [-0.2, -0.15) is 44.9 Å². The van der Waals surface area contributed by atoms with Gasteiger partial charge in [0.1, 0.15) is 29.6 Å². The number of piperidine rings is 5. The number of aromatic nitrogens is 15. The Bertz CT molecular complexity index is 3000. The Morgan fingerprint density at radius 1 is 0.482 bits per heavy atom. The molecule has 0 radical (unpaired) electrons. The Kier molecular flexibility index (Phi) is 24.3. The van der Waals surface area contributed by atoms with E-state index in [1.54, 1.807) is 13.8 Å². The van der Waals surface area contributed by atoms with Crippen LogP contribution in [-0.4, -0.2) is 162 Å². The fraction of sp³-hybridized carbons (Fsp3) is 0.518. The third-order valence-electron chi connectivity index (χ3n) is 14.7. The lowest BCUT2D eigenvalue weighted by Gasteiger charge is -2.30. The van der Waals surface area contributed by atoms with Gasteiger partial charge in [-0.1, -0.05) is 30.4 Å². The van der Waals surface area contributed by atoms with Crippen molar-refractivity contribution in [2.24, 2.45) is 29.6 Å². The zero-order valence-electron chi connectivity index (χ0n) is 48.2. The first-order chi connectivity index (χ1) is 39.9. The summed E-state index contributed by atoms with van der Waals surface area (Å²) in [6, 6.07) is 0. The number of hydrogen-bond donors (Lipinski definition) is 5. The van der Waals surface area contributed by atoms with E-state index < -0.39 is 11.9 Å². The third kappa shape index (κ3) is 19.9. The summed E-state index contributed by atoms with van der Waals surface area (Å²) in [6.45, 7) is 35.2. The number of allylic oxidation sites excluding steroid dienone is 5. The summed E-state index contributed by atoms with van der Waals surface area (Å²) >= 11 is 5.02. The molecule has 444 valence electrons. The predicted molar refractivity (Wildman–Crippen MR) is 322 cm³/mol. The number of hydrogen-bond acceptors (Lipinski definition) is 23. The number of anilines is 6. The van der Waals surface area contributed by atoms with Gasteiger partial charge in [-0.25, -0.2) is 34.3 Å². The number of nitrogens with two attached hydrogens (primary N) is 1. The van der Waals surface area contributed by atoms with Crippen molar-refractivity contribution >= 4 is 59.8 Å². The maximum atomic E-state index is 11.2. The van der Waals surface area contributed by atoms with Gasteiger partial charge in [0.2, 0.25) is 52.1 Å². The standard InChI is InChI=1S/C12H16N4O2.C11H17N5.C11H14N4O2.C11H16N4O.C11H16N4S/c1-3-9-4-6-16(7-5-9)12-14-8(2)13-10(15-12)11(17)18;1-3-9-4-6-16(7-5-9)11-14-8(2)13-10(12)15-11;1-2-8-3-5-15(6-4-8)11-13-7-12-9(14-11)10(16)17;2*1-3-9-4-6-15(7-5-9)10-12-8(2)13-11(16)14-10/h3,9H,1,4-7H2,2H3,(H,17,18);3,9H,1,4-7H2,2H3,(H2,12,13,14,15);2,7-8H,1,3-6H2,(H,16,17);2*3,9H,1,4-7H2,2H3,(H,12,13,14,16). The molecule has 0 spiro atoms. The second-order valence-electron chi connectivity index (χ2n) is 20.6. The van der Waals surface area contributed by atoms with Gasteiger partial charge < -0.3 is 45.4 Å². The van der Waals surface area contributed by atoms with E-state index in [0.717, 1.165) is 141 Å². The Balaban J connectivity index is 0.000000167. The van der Waals surface area contributed by atoms with Crippen LogP contribution >= 0.6 is 12.2 Å². The predicted octanol–water partition coefficient (Wildman–Crippen LogP) is 6.54. The van der Waals surface area contributed by atoms with Crippen LogP contribution in [0.25, 0.3) is 0 Å². The highest BCUT2D eigenvalue weighted by molar-refractivity contribution is 7.71. The van der Waals surface area contributed by atoms with Crippen molar-refractivity contribution in [3.8, 4) is 0 Å². The van der Waals surface area contributed by atoms with E-state index in [1.165, 1.54) is 6.33 Å². The molecule has 27 heteroatoms. The van der Waals surface area contributed by atoms with Crippen LogP contribution in [-0.2, 0) is 0 Å². The maximum Gasteiger partial charge on any atom is 0.374 e. The molecule has 5 fully saturated rings. The summed E-state index contributed by atoms with van der Waals surface area (Å²) in [4.78, 5) is 101. The first-order valence-electron chi connectivity index (χ1n) is 28.0. The molecule has 5 saturated heterocycles. The number of nitrogens with one attached hydrogen (secondary N) is 2. The Labute approximate surface area is 489 Å². The number of nitrogen functional groups attached to an aromatic ring is 1. The van der Waals surface area contributed by atoms with Gasteiger partial charge in [0.15, 0.2) is 0 Å². The number of aryl methyl sites for hydroxylation is 4. The molecule has 6 N–H and O–H groups in total. The second-order valence-corrected chi connectivity index (χ2v) is 21.0. The van der Waals surface area contributed by atoms with Gasteiger partial charge in [0.25, 0.3) is 0 Å². The van der Waals surface area contributed by atoms with Crippen molar-refractivity contribution < 1.29 is 19.8 Å². The smallest absolute Gasteiger partial charge is 0.374 e. The molecular formula is C56H79N21O5S. The van der Waals surface area contributed by atoms with Crippen molar-refractivity contribution in [1.82, 2.24) is 74.8 Å². The second kappa shape index (κ2) is 31.6. The number of carboxylic acid groups (broad SMARTS) is 2. The topological polar surface area (TPSA) is 333 Å². The fourth-order valence-corrected chi connectivity index (χ4v) is 10.0. The number of aromatic carboxylic acids is 2. The van der Waals surface area contributed by atoms with E-state index in [-0.39, 0.29) is 17.3 Å². The molecule has 0 amide bonds. The van der Waals surface area contributed by atoms with Crippen molar-refractivity contribution in [3.63, 3.8) is 0 Å². The van der Waals surface area contributed by atoms with E-state index in [9.17, 15) is 14.4 Å². The number of carbonyl (C=O) groups is 2. The summed E-state index contributed by atoms with van der Waals surface area (Å²) < 4.78 is 0.414. The lowest BCUT2D eigenvalue weighted by atomic mass is 9.97. The third-order valence-corrected chi connectivity index (χ3v) is 14.9. The number of nitrogens with zero attached hydrogens (tertiary/aromatic N) is 18. The lowest BCUT2D eigenvalue weighted by Crippen LogP contribution is -2.36. The van der Waals surface area contributed by atoms with Crippen LogP contribution in [0.4, 0.5) is 35.7 Å². The molecule has 5 aromatic heterocycles. The number of carboxylic acids is 2. The van der Waals surface area contributed by atoms with Gasteiger partial charge in [0.05, 0.1) is 0 Å². The minimum absolute atomic E-state index is 0.191. The molecule has 0 aromatic carbocycles. The highest BCUT2D eigenvalue weighted by Crippen LogP contribution is 2.25. The SMILES string of the molecule is C=CC1CCN(c2nc(=S)nc(C)[nH]2)CC1.C=CC1CCN(c2nc(C)[nH]c(=O)n2)CC1.C=CC1CCN(c2nc(C)nc(C(=O)O)n2)CC1.C=CC1CCN(c2nc(C)nc(N)n2)CC1.C=CC1CCN(c2ncnc(C(=O)O)n2)CC1. The van der Waals surface area contributed by atoms with Crippen LogP contribution in [0.1, 0.15) is 109 Å². The van der Waals surface area contributed by atoms with E-state index in [2.05, 4.69) is 122 Å². The minimum Gasteiger partial charge on any atom is -0.475 e. The first-order valence-corrected chi connectivity index (χ1v) is 28.4. The van der Waals surface area contributed by atoms with Gasteiger partial charge in [-0.15, -0.1) is 32.9 Å². The molecule has 10 rings (SSSR count). The molecule has 5 aliphatic heterocycles. The Morgan fingerprint density at radius 3 is 1.25 bits per heavy atom. The highest BCUT2D eigenvalue weighted by Gasteiger charge is 2.25. The van der Waals surface area contributed by atoms with E-state index in [1.807, 2.05) is 54.0 Å². The van der Waals surface area contributed by atoms with Crippen molar-refractivity contribution in [1.29, 1.82) is 0 Å². The molecule has 0 saturated carbocycles. The highest BCUT2D eigenvalue weighted by atomic mass is 32.1. The molecule has 10 heterocycles. The van der Waals surface area contributed by atoms with Crippen LogP contribution in [0.2, 0.25) is 0 Å². The van der Waals surface area contributed by atoms with Gasteiger partial charge in [-0.05, 0) is 134 Å². The molecule has 0 aliphatic carbocycles. The van der Waals surface area contributed by atoms with Crippen LogP contribution < -0.4 is 35.9 Å². The van der Waals surface area contributed by atoms with E-state index in [0.29, 0.717) is 81.6 Å². The monoisotopic (exact) mass is 1160 g/mol. The molecule has 0 unspecified atom stereocenters. The number of aromatic amines is 2. The van der Waals surface area contributed by atoms with Crippen LogP contribution in [0.15, 0.2) is 74.4 Å². The molecular weight excluding hydrogens is 1080 g/mol. The Hall–Kier alpha value is -8.49. The molecule has 26 nitrogen and oxygen atoms in total.